The van der Waals surface area contributed by atoms with Gasteiger partial charge < -0.3 is 20.1 Å². The van der Waals surface area contributed by atoms with E-state index < -0.39 is 0 Å². The lowest BCUT2D eigenvalue weighted by Crippen LogP contribution is -2.39. The average molecular weight is 514 g/mol. The number of pyridine rings is 1. The third-order valence-corrected chi connectivity index (χ3v) is 6.76. The number of ketones is 1. The van der Waals surface area contributed by atoms with Gasteiger partial charge in [0.2, 0.25) is 0 Å². The Morgan fingerprint density at radius 3 is 2.51 bits per heavy atom. The van der Waals surface area contributed by atoms with Crippen LogP contribution in [0.2, 0.25) is 10.0 Å². The molecule has 2 atom stereocenters. The summed E-state index contributed by atoms with van der Waals surface area (Å²) in [5.74, 6) is 2.31. The largest absolute Gasteiger partial charge is 0.495 e. The lowest BCUT2D eigenvalue weighted by atomic mass is 9.76. The summed E-state index contributed by atoms with van der Waals surface area (Å²) in [6.45, 7) is 3.56. The number of aromatic nitrogens is 3. The van der Waals surface area contributed by atoms with Gasteiger partial charge in [-0.1, -0.05) is 29.8 Å². The fraction of sp³-hybridized carbons (Fsp3) is 0.280. The zero-order valence-electron chi connectivity index (χ0n) is 19.3. The predicted octanol–water partition coefficient (Wildman–Crippen LogP) is 5.94. The van der Waals surface area contributed by atoms with Gasteiger partial charge in [-0.05, 0) is 37.0 Å². The molecular weight excluding hydrogens is 489 g/mol. The van der Waals surface area contributed by atoms with E-state index in [2.05, 4.69) is 32.2 Å². The minimum Gasteiger partial charge on any atom is -0.495 e. The molecule has 0 saturated heterocycles. The van der Waals surface area contributed by atoms with E-state index in [0.717, 1.165) is 18.4 Å². The molecule has 0 amide bonds. The number of nitrogens with one attached hydrogen (secondary N) is 2. The molecule has 0 spiro atoms. The summed E-state index contributed by atoms with van der Waals surface area (Å²) >= 11 is 13.1. The van der Waals surface area contributed by atoms with Crippen molar-refractivity contribution in [3.63, 3.8) is 0 Å². The summed E-state index contributed by atoms with van der Waals surface area (Å²) in [5, 5.41) is 7.24. The number of rotatable bonds is 10. The molecule has 35 heavy (non-hydrogen) atoms. The van der Waals surface area contributed by atoms with Crippen LogP contribution in [0.4, 0.5) is 17.3 Å². The van der Waals surface area contributed by atoms with E-state index in [9.17, 15) is 4.79 Å². The number of anilines is 3. The first-order valence-corrected chi connectivity index (χ1v) is 11.8. The maximum atomic E-state index is 11.7. The van der Waals surface area contributed by atoms with Crippen LogP contribution in [-0.4, -0.2) is 41.0 Å². The number of carbonyl (C=O) groups excluding carboxylic acids is 1. The lowest BCUT2D eigenvalue weighted by molar-refractivity contribution is -0.116. The maximum Gasteiger partial charge on any atom is 0.155 e. The van der Waals surface area contributed by atoms with Crippen molar-refractivity contribution >= 4 is 46.3 Å². The molecule has 2 aromatic heterocycles. The molecule has 1 aliphatic carbocycles. The molecule has 1 fully saturated rings. The number of carbonyl (C=O) groups is 1. The minimum absolute atomic E-state index is 0.0578. The molecule has 1 aliphatic rings. The summed E-state index contributed by atoms with van der Waals surface area (Å²) in [6.07, 6.45) is 6.99. The zero-order chi connectivity index (χ0) is 24.9. The van der Waals surface area contributed by atoms with Gasteiger partial charge in [-0.2, -0.15) is 0 Å². The van der Waals surface area contributed by atoms with Crippen molar-refractivity contribution in [2.24, 2.45) is 5.92 Å². The van der Waals surface area contributed by atoms with Crippen molar-refractivity contribution in [2.45, 2.75) is 25.3 Å². The summed E-state index contributed by atoms with van der Waals surface area (Å²) in [6, 6.07) is 7.34. The third kappa shape index (κ3) is 5.33. The standard InChI is InChI=1S/C25H25Cl2N5O3/c1-4-15(33)10-14-7-8-17(14)31-21-11-18(29-13-30-21)16-6-5-9-28-25(16)32-24-22(26)19(34-2)12-20(35-3)23(24)27/h4-6,9,11-14,17H,1,7-8,10H2,2-3H3,(H,28,32)(H,29,30,31)/t14-,17-/m1/s1. The number of benzene rings is 1. The summed E-state index contributed by atoms with van der Waals surface area (Å²) in [7, 11) is 3.03. The second-order valence-corrected chi connectivity index (χ2v) is 8.82. The van der Waals surface area contributed by atoms with E-state index >= 15 is 0 Å². The molecular formula is C25H25Cl2N5O3. The molecule has 182 valence electrons. The van der Waals surface area contributed by atoms with Crippen molar-refractivity contribution < 1.29 is 14.3 Å². The second-order valence-electron chi connectivity index (χ2n) is 8.06. The fourth-order valence-electron chi connectivity index (χ4n) is 3.94. The van der Waals surface area contributed by atoms with E-state index in [4.69, 9.17) is 32.7 Å². The van der Waals surface area contributed by atoms with Crippen LogP contribution in [0.1, 0.15) is 19.3 Å². The van der Waals surface area contributed by atoms with Crippen LogP contribution >= 0.6 is 23.2 Å². The van der Waals surface area contributed by atoms with Crippen molar-refractivity contribution in [1.29, 1.82) is 0 Å². The van der Waals surface area contributed by atoms with E-state index in [0.29, 0.717) is 51.0 Å². The SMILES string of the molecule is C=CC(=O)C[C@H]1CC[C@H]1Nc1cc(-c2cccnc2Nc2c(Cl)c(OC)cc(OC)c2Cl)ncn1. The minimum atomic E-state index is 0.0578. The quantitative estimate of drug-likeness (QED) is 0.321. The molecule has 1 aromatic carbocycles. The highest BCUT2D eigenvalue weighted by atomic mass is 35.5. The van der Waals surface area contributed by atoms with E-state index in [1.807, 2.05) is 18.2 Å². The number of halogens is 2. The molecule has 3 aromatic rings. The Hall–Kier alpha value is -3.36. The van der Waals surface area contributed by atoms with Gasteiger partial charge in [-0.25, -0.2) is 15.0 Å². The van der Waals surface area contributed by atoms with Crippen LogP contribution < -0.4 is 20.1 Å². The predicted molar refractivity (Wildman–Crippen MR) is 138 cm³/mol. The van der Waals surface area contributed by atoms with Crippen LogP contribution in [0.15, 0.2) is 49.4 Å². The lowest BCUT2D eigenvalue weighted by Gasteiger charge is -2.37. The summed E-state index contributed by atoms with van der Waals surface area (Å²) < 4.78 is 10.7. The van der Waals surface area contributed by atoms with Crippen molar-refractivity contribution in [1.82, 2.24) is 15.0 Å². The average Bonchev–Trinajstić information content (AvgIpc) is 2.88. The van der Waals surface area contributed by atoms with Crippen LogP contribution in [0.25, 0.3) is 11.3 Å². The monoisotopic (exact) mass is 513 g/mol. The first-order chi connectivity index (χ1) is 16.9. The molecule has 2 N–H and O–H groups in total. The highest BCUT2D eigenvalue weighted by molar-refractivity contribution is 6.41. The van der Waals surface area contributed by atoms with Gasteiger partial charge in [0.05, 0.1) is 25.6 Å². The molecule has 4 rings (SSSR count). The Labute approximate surface area is 213 Å². The molecule has 10 heteroatoms. The van der Waals surface area contributed by atoms with Crippen molar-refractivity contribution in [3.05, 3.63) is 59.5 Å². The number of methoxy groups -OCH3 is 2. The van der Waals surface area contributed by atoms with Gasteiger partial charge in [0.15, 0.2) is 5.78 Å². The smallest absolute Gasteiger partial charge is 0.155 e. The Morgan fingerprint density at radius 1 is 1.14 bits per heavy atom. The zero-order valence-corrected chi connectivity index (χ0v) is 20.9. The van der Waals surface area contributed by atoms with Crippen LogP contribution in [0, 0.1) is 5.92 Å². The van der Waals surface area contributed by atoms with E-state index in [-0.39, 0.29) is 17.7 Å². The third-order valence-electron chi connectivity index (χ3n) is 6.01. The van der Waals surface area contributed by atoms with Gasteiger partial charge in [-0.15, -0.1) is 0 Å². The maximum absolute atomic E-state index is 11.7. The topological polar surface area (TPSA) is 98.3 Å². The van der Waals surface area contributed by atoms with Gasteiger partial charge in [0.1, 0.15) is 39.5 Å². The van der Waals surface area contributed by atoms with Gasteiger partial charge in [0, 0.05) is 36.4 Å². The number of allylic oxidation sites excluding steroid dienone is 1. The number of nitrogens with zero attached hydrogens (tertiary/aromatic N) is 3. The van der Waals surface area contributed by atoms with Gasteiger partial charge in [0.25, 0.3) is 0 Å². The molecule has 1 saturated carbocycles. The second kappa shape index (κ2) is 10.9. The fourth-order valence-corrected chi connectivity index (χ4v) is 4.54. The summed E-state index contributed by atoms with van der Waals surface area (Å²) in [4.78, 5) is 25.0. The summed E-state index contributed by atoms with van der Waals surface area (Å²) in [5.41, 5.74) is 1.78. The van der Waals surface area contributed by atoms with Gasteiger partial charge in [-0.3, -0.25) is 4.79 Å². The Kier molecular flexibility index (Phi) is 7.73. The molecule has 8 nitrogen and oxygen atoms in total. The Balaban J connectivity index is 1.61. The number of hydrogen-bond acceptors (Lipinski definition) is 8. The number of ether oxygens (including phenoxy) is 2. The molecule has 0 radical (unpaired) electrons. The molecule has 2 heterocycles. The number of hydrogen-bond donors (Lipinski definition) is 2. The highest BCUT2D eigenvalue weighted by Gasteiger charge is 2.32. The first kappa shape index (κ1) is 24.8. The normalized spacial score (nSPS) is 16.7. The van der Waals surface area contributed by atoms with E-state index in [1.165, 1.54) is 26.6 Å². The van der Waals surface area contributed by atoms with Crippen LogP contribution in [-0.2, 0) is 4.79 Å². The Bertz CT molecular complexity index is 1230. The van der Waals surface area contributed by atoms with Crippen molar-refractivity contribution in [3.8, 4) is 22.8 Å². The Morgan fingerprint density at radius 2 is 1.89 bits per heavy atom. The van der Waals surface area contributed by atoms with Crippen LogP contribution in [0.3, 0.4) is 0 Å². The molecule has 0 aliphatic heterocycles. The van der Waals surface area contributed by atoms with Crippen molar-refractivity contribution in [2.75, 3.05) is 24.9 Å². The van der Waals surface area contributed by atoms with Crippen LogP contribution in [0.5, 0.6) is 11.5 Å². The first-order valence-electron chi connectivity index (χ1n) is 11.0. The molecule has 0 unspecified atom stereocenters. The van der Waals surface area contributed by atoms with E-state index in [1.54, 1.807) is 12.3 Å². The molecule has 0 bridgehead atoms. The van der Waals surface area contributed by atoms with Gasteiger partial charge >= 0.3 is 0 Å². The highest BCUT2D eigenvalue weighted by Crippen LogP contribution is 2.45.